The molecule has 0 radical (unpaired) electrons. The van der Waals surface area contributed by atoms with Crippen molar-refractivity contribution in [3.8, 4) is 0 Å². The monoisotopic (exact) mass is 552 g/mol. The standard InChI is InChI=1S/C25H29FN4S.C7H16O/c1-7-21(18(5)27-22-11-9-8-10-15(22)2)28-19(6)31-25-29-23-13-12-20(14-24(23)30-25)16(3)17(4)26;1-3-5-7(8)6-4-2/h7-14,16-17,27H,5H2,1-4,6H3,(H,29,30);7-8H,3-6H2,1-2H3/b21-7-,28-19?;. The highest BCUT2D eigenvalue weighted by molar-refractivity contribution is 8.13. The maximum atomic E-state index is 13.7. The van der Waals surface area contributed by atoms with E-state index < -0.39 is 6.17 Å². The molecule has 0 saturated carbocycles. The van der Waals surface area contributed by atoms with Crippen LogP contribution in [0.2, 0.25) is 0 Å². The summed E-state index contributed by atoms with van der Waals surface area (Å²) in [7, 11) is 0. The zero-order valence-electron chi connectivity index (χ0n) is 24.5. The van der Waals surface area contributed by atoms with Gasteiger partial charge in [-0.1, -0.05) is 70.5 Å². The molecule has 0 fully saturated rings. The van der Waals surface area contributed by atoms with Gasteiger partial charge in [-0.15, -0.1) is 0 Å². The lowest BCUT2D eigenvalue weighted by Gasteiger charge is -2.12. The number of nitrogens with one attached hydrogen (secondary N) is 2. The Kier molecular flexibility index (Phi) is 13.5. The number of nitrogens with zero attached hydrogens (tertiary/aromatic N) is 2. The van der Waals surface area contributed by atoms with Gasteiger partial charge < -0.3 is 15.4 Å². The highest BCUT2D eigenvalue weighted by atomic mass is 32.2. The largest absolute Gasteiger partial charge is 0.393 e. The van der Waals surface area contributed by atoms with Crippen molar-refractivity contribution >= 4 is 33.5 Å². The van der Waals surface area contributed by atoms with Gasteiger partial charge in [0.25, 0.3) is 0 Å². The van der Waals surface area contributed by atoms with E-state index in [0.29, 0.717) is 0 Å². The summed E-state index contributed by atoms with van der Waals surface area (Å²) in [4.78, 5) is 12.7. The number of hydrogen-bond acceptors (Lipinski definition) is 5. The molecule has 1 aromatic heterocycles. The number of aromatic nitrogens is 2. The zero-order valence-corrected chi connectivity index (χ0v) is 25.3. The second-order valence-electron chi connectivity index (χ2n) is 9.84. The molecule has 2 atom stereocenters. The highest BCUT2D eigenvalue weighted by Gasteiger charge is 2.15. The van der Waals surface area contributed by atoms with Crippen LogP contribution in [-0.2, 0) is 0 Å². The van der Waals surface area contributed by atoms with Crippen LogP contribution in [0.25, 0.3) is 11.0 Å². The maximum absolute atomic E-state index is 13.7. The number of H-pyrrole nitrogens is 1. The number of alkyl halides is 1. The lowest BCUT2D eigenvalue weighted by atomic mass is 9.97. The van der Waals surface area contributed by atoms with Gasteiger partial charge in [0.05, 0.1) is 33.6 Å². The second kappa shape index (κ2) is 16.3. The lowest BCUT2D eigenvalue weighted by molar-refractivity contribution is 0.153. The fourth-order valence-corrected chi connectivity index (χ4v) is 4.72. The molecule has 3 rings (SSSR count). The molecule has 3 aromatic rings. The van der Waals surface area contributed by atoms with Gasteiger partial charge in [0.15, 0.2) is 5.16 Å². The predicted octanol–water partition coefficient (Wildman–Crippen LogP) is 9.32. The van der Waals surface area contributed by atoms with Crippen molar-refractivity contribution < 1.29 is 9.50 Å². The van der Waals surface area contributed by atoms with E-state index in [1.807, 2.05) is 63.2 Å². The van der Waals surface area contributed by atoms with Crippen LogP contribution in [0.15, 0.2) is 76.7 Å². The Bertz CT molecular complexity index is 1260. The van der Waals surface area contributed by atoms with Crippen molar-refractivity contribution in [3.63, 3.8) is 0 Å². The summed E-state index contributed by atoms with van der Waals surface area (Å²) in [6.07, 6.45) is 5.13. The highest BCUT2D eigenvalue weighted by Crippen LogP contribution is 2.27. The first-order valence-corrected chi connectivity index (χ1v) is 14.6. The van der Waals surface area contributed by atoms with E-state index in [0.717, 1.165) is 75.1 Å². The van der Waals surface area contributed by atoms with Gasteiger partial charge in [0.1, 0.15) is 6.17 Å². The first kappa shape index (κ1) is 32.3. The Labute approximate surface area is 238 Å². The summed E-state index contributed by atoms with van der Waals surface area (Å²) < 4.78 is 13.7. The molecule has 2 aromatic carbocycles. The Morgan fingerprint density at radius 3 is 2.44 bits per heavy atom. The number of imidazole rings is 1. The third-order valence-corrected chi connectivity index (χ3v) is 7.25. The molecule has 0 aliphatic heterocycles. The molecular formula is C32H45FN4OS. The number of fused-ring (bicyclic) bond motifs is 1. The quantitative estimate of drug-likeness (QED) is 0.0959. The molecule has 0 bridgehead atoms. The van der Waals surface area contributed by atoms with Gasteiger partial charge >= 0.3 is 0 Å². The number of aromatic amines is 1. The van der Waals surface area contributed by atoms with Gasteiger partial charge in [0, 0.05) is 11.6 Å². The molecule has 1 heterocycles. The molecule has 0 spiro atoms. The molecular weight excluding hydrogens is 507 g/mol. The van der Waals surface area contributed by atoms with E-state index >= 15 is 0 Å². The Hall–Kier alpha value is -2.90. The summed E-state index contributed by atoms with van der Waals surface area (Å²) in [6, 6.07) is 13.9. The van der Waals surface area contributed by atoms with Crippen LogP contribution >= 0.6 is 11.8 Å². The first-order valence-electron chi connectivity index (χ1n) is 13.8. The fourth-order valence-electron chi connectivity index (χ4n) is 3.99. The van der Waals surface area contributed by atoms with Crippen LogP contribution < -0.4 is 5.32 Å². The SMILES string of the molecule is C=C(Nc1ccccc1C)/C(=C/C)N=C(C)Sc1nc2ccc(C(C)C(C)F)cc2[nH]1.CCCC(O)CCC. The van der Waals surface area contributed by atoms with Crippen LogP contribution in [0.4, 0.5) is 10.1 Å². The number of rotatable bonds is 11. The van der Waals surface area contributed by atoms with E-state index in [9.17, 15) is 4.39 Å². The van der Waals surface area contributed by atoms with E-state index in [-0.39, 0.29) is 12.0 Å². The molecule has 7 heteroatoms. The maximum Gasteiger partial charge on any atom is 0.172 e. The molecule has 3 N–H and O–H groups in total. The lowest BCUT2D eigenvalue weighted by Crippen LogP contribution is -2.05. The van der Waals surface area contributed by atoms with Crippen molar-refractivity contribution in [1.82, 2.24) is 9.97 Å². The zero-order chi connectivity index (χ0) is 28.9. The summed E-state index contributed by atoms with van der Waals surface area (Å²) in [6.45, 7) is 17.8. The van der Waals surface area contributed by atoms with Gasteiger partial charge in [0.2, 0.25) is 0 Å². The smallest absolute Gasteiger partial charge is 0.172 e. The minimum absolute atomic E-state index is 0.0370. The van der Waals surface area contributed by atoms with E-state index in [4.69, 9.17) is 10.1 Å². The molecule has 0 saturated heterocycles. The average molecular weight is 553 g/mol. The normalized spacial score (nSPS) is 13.7. The minimum atomic E-state index is -0.899. The van der Waals surface area contributed by atoms with Crippen LogP contribution in [0.3, 0.4) is 0 Å². The van der Waals surface area contributed by atoms with Gasteiger partial charge in [-0.3, -0.25) is 0 Å². The number of allylic oxidation sites excluding steroid dienone is 1. The molecule has 5 nitrogen and oxygen atoms in total. The van der Waals surface area contributed by atoms with Crippen LogP contribution in [-0.4, -0.2) is 32.4 Å². The topological polar surface area (TPSA) is 73.3 Å². The Morgan fingerprint density at radius 1 is 1.18 bits per heavy atom. The number of hydrogen-bond donors (Lipinski definition) is 3. The van der Waals surface area contributed by atoms with Crippen LogP contribution in [0, 0.1) is 6.92 Å². The van der Waals surface area contributed by atoms with Crippen molar-refractivity contribution in [1.29, 1.82) is 0 Å². The predicted molar refractivity (Wildman–Crippen MR) is 168 cm³/mol. The van der Waals surface area contributed by atoms with E-state index in [1.165, 1.54) is 11.8 Å². The number of thioether (sulfide) groups is 1. The summed E-state index contributed by atoms with van der Waals surface area (Å²) in [5.41, 5.74) is 6.39. The minimum Gasteiger partial charge on any atom is -0.393 e. The number of aliphatic hydroxyl groups is 1. The average Bonchev–Trinajstić information content (AvgIpc) is 3.30. The van der Waals surface area contributed by atoms with Crippen molar-refractivity contribution in [2.75, 3.05) is 5.32 Å². The number of para-hydroxylation sites is 1. The van der Waals surface area contributed by atoms with Gasteiger partial charge in [-0.2, -0.15) is 0 Å². The van der Waals surface area contributed by atoms with Crippen molar-refractivity contribution in [2.45, 2.75) is 97.5 Å². The molecule has 212 valence electrons. The Balaban J connectivity index is 0.000000580. The number of aliphatic hydroxyl groups excluding tert-OH is 1. The van der Waals surface area contributed by atoms with E-state index in [1.54, 1.807) is 6.92 Å². The Morgan fingerprint density at radius 2 is 1.85 bits per heavy atom. The number of aryl methyl sites for hydroxylation is 1. The van der Waals surface area contributed by atoms with Crippen LogP contribution in [0.5, 0.6) is 0 Å². The number of aliphatic imine (C=N–C) groups is 1. The summed E-state index contributed by atoms with van der Waals surface area (Å²) >= 11 is 1.46. The first-order chi connectivity index (χ1) is 18.6. The third-order valence-electron chi connectivity index (χ3n) is 6.48. The van der Waals surface area contributed by atoms with Crippen molar-refractivity contribution in [3.05, 3.63) is 77.6 Å². The summed E-state index contributed by atoms with van der Waals surface area (Å²) in [5.74, 6) is -0.156. The van der Waals surface area contributed by atoms with Gasteiger partial charge in [-0.25, -0.2) is 14.4 Å². The number of halogens is 1. The number of anilines is 1. The van der Waals surface area contributed by atoms with Gasteiger partial charge in [-0.05, 0) is 81.6 Å². The third kappa shape index (κ3) is 10.3. The molecule has 0 aliphatic carbocycles. The fraction of sp³-hybridized carbons (Fsp3) is 0.438. The van der Waals surface area contributed by atoms with Crippen LogP contribution in [0.1, 0.15) is 84.3 Å². The molecule has 0 amide bonds. The number of benzene rings is 2. The molecule has 0 aliphatic rings. The molecule has 39 heavy (non-hydrogen) atoms. The molecule has 2 unspecified atom stereocenters. The second-order valence-corrected chi connectivity index (χ2v) is 11.0. The summed E-state index contributed by atoms with van der Waals surface area (Å²) in [5, 5.41) is 14.0. The van der Waals surface area contributed by atoms with E-state index in [2.05, 4.69) is 48.7 Å². The van der Waals surface area contributed by atoms with Crippen molar-refractivity contribution in [2.24, 2.45) is 4.99 Å².